The summed E-state index contributed by atoms with van der Waals surface area (Å²) in [4.78, 5) is 59.5. The lowest BCUT2D eigenvalue weighted by Gasteiger charge is -2.49. The first-order valence-corrected chi connectivity index (χ1v) is 20.5. The highest BCUT2D eigenvalue weighted by atomic mass is 35.5. The number of likely N-dealkylation sites (tertiary alicyclic amines) is 2. The number of nitrogens with one attached hydrogen (secondary N) is 2. The molecule has 0 unspecified atom stereocenters. The Balaban J connectivity index is 0.911. The SMILES string of the molecule is CCCN(C(=O)NC=O)c1cc(C(=O)N2CCC3(CC2)CCN(C2CCC(n4cc5cc(NC(=O)c6cccc(C(F)(F)F)n6)c(OC)cc5n4)CC2)CC3)ccc1Cl. The molecule has 1 spiro atoms. The number of carbonyl (C=O) groups excluding carboxylic acids is 4. The number of carbonyl (C=O) groups is 4. The Bertz CT molecular complexity index is 2190. The molecule has 5 amide bonds. The first kappa shape index (κ1) is 41.9. The maximum Gasteiger partial charge on any atom is 0.433 e. The molecule has 3 fully saturated rings. The van der Waals surface area contributed by atoms with Gasteiger partial charge in [-0.2, -0.15) is 18.3 Å². The zero-order valence-electron chi connectivity index (χ0n) is 33.1. The number of imide groups is 1. The Kier molecular flexibility index (Phi) is 12.5. The number of halogens is 4. The fourth-order valence-corrected chi connectivity index (χ4v) is 9.10. The molecule has 3 aliphatic rings. The van der Waals surface area contributed by atoms with Crippen molar-refractivity contribution in [2.24, 2.45) is 5.41 Å². The van der Waals surface area contributed by atoms with Gasteiger partial charge in [0.2, 0.25) is 6.41 Å². The van der Waals surface area contributed by atoms with Gasteiger partial charge in [0.25, 0.3) is 11.8 Å². The van der Waals surface area contributed by atoms with Gasteiger partial charge in [-0.15, -0.1) is 0 Å². The molecule has 17 heteroatoms. The lowest BCUT2D eigenvalue weighted by atomic mass is 9.70. The molecule has 4 aromatic rings. The molecule has 0 atom stereocenters. The number of nitrogens with zero attached hydrogens (tertiary/aromatic N) is 6. The monoisotopic (exact) mass is 836 g/mol. The van der Waals surface area contributed by atoms with Crippen molar-refractivity contribution < 1.29 is 37.1 Å². The van der Waals surface area contributed by atoms with E-state index in [0.717, 1.165) is 82.0 Å². The molecule has 0 radical (unpaired) electrons. The van der Waals surface area contributed by atoms with Crippen molar-refractivity contribution >= 4 is 58.1 Å². The summed E-state index contributed by atoms with van der Waals surface area (Å²) in [7, 11) is 1.45. The van der Waals surface area contributed by atoms with Crippen molar-refractivity contribution in [2.45, 2.75) is 83.0 Å². The summed E-state index contributed by atoms with van der Waals surface area (Å²) in [5.74, 6) is -0.544. The highest BCUT2D eigenvalue weighted by molar-refractivity contribution is 6.34. The Labute approximate surface area is 345 Å². The number of fused-ring (bicyclic) bond motifs is 1. The molecule has 7 rings (SSSR count). The number of ether oxygens (including phenoxy) is 1. The molecule has 314 valence electrons. The zero-order chi connectivity index (χ0) is 41.9. The van der Waals surface area contributed by atoms with Crippen molar-refractivity contribution in [2.75, 3.05) is 50.1 Å². The van der Waals surface area contributed by atoms with E-state index in [-0.39, 0.29) is 23.1 Å². The molecule has 2 aromatic heterocycles. The number of aromatic nitrogens is 3. The second kappa shape index (κ2) is 17.6. The van der Waals surface area contributed by atoms with E-state index in [1.54, 1.807) is 30.3 Å². The van der Waals surface area contributed by atoms with Crippen LogP contribution in [-0.4, -0.2) is 94.7 Å². The normalized spacial score (nSPS) is 19.7. The van der Waals surface area contributed by atoms with Gasteiger partial charge >= 0.3 is 12.2 Å². The van der Waals surface area contributed by atoms with E-state index < -0.39 is 23.8 Å². The molecule has 0 bridgehead atoms. The molecule has 59 heavy (non-hydrogen) atoms. The van der Waals surface area contributed by atoms with Crippen molar-refractivity contribution in [3.63, 3.8) is 0 Å². The fourth-order valence-electron chi connectivity index (χ4n) is 8.88. The zero-order valence-corrected chi connectivity index (χ0v) is 33.8. The average Bonchev–Trinajstić information content (AvgIpc) is 3.66. The fraction of sp³-hybridized carbons (Fsp3) is 0.476. The van der Waals surface area contributed by atoms with Crippen LogP contribution < -0.4 is 20.3 Å². The van der Waals surface area contributed by atoms with E-state index >= 15 is 0 Å². The lowest BCUT2D eigenvalue weighted by molar-refractivity contribution is -0.141. The summed E-state index contributed by atoms with van der Waals surface area (Å²) in [6, 6.07) is 11.7. The molecule has 2 N–H and O–H groups in total. The third kappa shape index (κ3) is 9.18. The number of pyridine rings is 1. The standard InChI is InChI=1S/C42H48ClF3N8O5/c1-3-17-53(40(58)47-26-55)35-23-27(7-12-31(35)43)39(57)52-20-15-41(16-21-52)13-18-51(19-14-41)29-8-10-30(11-9-29)54-25-28-22-34(36(59-2)24-33(28)50-54)49-38(56)32-5-4-6-37(48-32)42(44,45)46/h4-7,12,22-26,29-30H,3,8-11,13-21H2,1-2H3,(H,49,56)(H,47,55,58). The minimum absolute atomic E-state index is 0.0952. The number of hydrogen-bond acceptors (Lipinski definition) is 8. The molecule has 13 nitrogen and oxygen atoms in total. The summed E-state index contributed by atoms with van der Waals surface area (Å²) in [6.07, 6.45) is 6.31. The highest BCUT2D eigenvalue weighted by Crippen LogP contribution is 2.44. The summed E-state index contributed by atoms with van der Waals surface area (Å²) in [6.45, 7) is 5.62. The minimum atomic E-state index is -4.67. The summed E-state index contributed by atoms with van der Waals surface area (Å²) < 4.78 is 47.0. The predicted octanol–water partition coefficient (Wildman–Crippen LogP) is 7.95. The number of amides is 5. The first-order chi connectivity index (χ1) is 28.3. The Morgan fingerprint density at radius 3 is 2.34 bits per heavy atom. The molecule has 2 aliphatic heterocycles. The van der Waals surface area contributed by atoms with E-state index in [4.69, 9.17) is 21.4 Å². The topological polar surface area (TPSA) is 142 Å². The van der Waals surface area contributed by atoms with Gasteiger partial charge in [0.05, 0.1) is 35.1 Å². The second-order valence-electron chi connectivity index (χ2n) is 15.8. The quantitative estimate of drug-likeness (QED) is 0.153. The summed E-state index contributed by atoms with van der Waals surface area (Å²) in [5.41, 5.74) is 0.544. The van der Waals surface area contributed by atoms with E-state index in [0.29, 0.717) is 71.7 Å². The maximum absolute atomic E-state index is 13.7. The maximum atomic E-state index is 13.7. The summed E-state index contributed by atoms with van der Waals surface area (Å²) in [5, 5.41) is 10.8. The van der Waals surface area contributed by atoms with Crippen molar-refractivity contribution in [1.29, 1.82) is 0 Å². The van der Waals surface area contributed by atoms with E-state index in [9.17, 15) is 32.3 Å². The Morgan fingerprint density at radius 1 is 0.983 bits per heavy atom. The number of piperidine rings is 2. The van der Waals surface area contributed by atoms with Gasteiger partial charge in [-0.1, -0.05) is 24.6 Å². The van der Waals surface area contributed by atoms with Gasteiger partial charge in [0, 0.05) is 48.9 Å². The van der Waals surface area contributed by atoms with Crippen molar-refractivity contribution in [3.05, 3.63) is 76.7 Å². The predicted molar refractivity (Wildman–Crippen MR) is 217 cm³/mol. The van der Waals surface area contributed by atoms with Crippen LogP contribution in [0.15, 0.2) is 54.7 Å². The number of rotatable bonds is 10. The second-order valence-corrected chi connectivity index (χ2v) is 16.2. The van der Waals surface area contributed by atoms with Gasteiger partial charge in [-0.3, -0.25) is 29.3 Å². The Morgan fingerprint density at radius 2 is 1.68 bits per heavy atom. The van der Waals surface area contributed by atoms with E-state index in [1.165, 1.54) is 18.1 Å². The number of anilines is 2. The van der Waals surface area contributed by atoms with Crippen LogP contribution in [0.4, 0.5) is 29.3 Å². The van der Waals surface area contributed by atoms with Crippen LogP contribution in [0.25, 0.3) is 10.9 Å². The van der Waals surface area contributed by atoms with Gasteiger partial charge in [0.15, 0.2) is 0 Å². The van der Waals surface area contributed by atoms with Gasteiger partial charge < -0.3 is 19.9 Å². The van der Waals surface area contributed by atoms with Crippen molar-refractivity contribution in [3.8, 4) is 5.75 Å². The van der Waals surface area contributed by atoms with E-state index in [2.05, 4.69) is 20.5 Å². The van der Waals surface area contributed by atoms with Gasteiger partial charge in [-0.05, 0) is 113 Å². The minimum Gasteiger partial charge on any atom is -0.494 e. The third-order valence-corrected chi connectivity index (χ3v) is 12.6. The molecule has 4 heterocycles. The third-order valence-electron chi connectivity index (χ3n) is 12.2. The number of urea groups is 1. The van der Waals surface area contributed by atoms with Crippen LogP contribution in [0.5, 0.6) is 5.75 Å². The lowest BCUT2D eigenvalue weighted by Crippen LogP contribution is -2.50. The van der Waals surface area contributed by atoms with E-state index in [1.807, 2.05) is 22.7 Å². The molecule has 1 aliphatic carbocycles. The highest BCUT2D eigenvalue weighted by Gasteiger charge is 2.41. The van der Waals surface area contributed by atoms with Crippen LogP contribution in [0.1, 0.15) is 97.3 Å². The van der Waals surface area contributed by atoms with Crippen molar-refractivity contribution in [1.82, 2.24) is 29.9 Å². The van der Waals surface area contributed by atoms with Crippen LogP contribution in [0, 0.1) is 5.41 Å². The number of methoxy groups -OCH3 is 1. The van der Waals surface area contributed by atoms with Crippen LogP contribution in [0.3, 0.4) is 0 Å². The number of benzene rings is 2. The number of alkyl halides is 3. The molecular weight excluding hydrogens is 789 g/mol. The van der Waals surface area contributed by atoms with Gasteiger partial charge in [-0.25, -0.2) is 9.78 Å². The van der Waals surface area contributed by atoms with Crippen LogP contribution in [0.2, 0.25) is 5.02 Å². The average molecular weight is 837 g/mol. The molecule has 2 saturated heterocycles. The first-order valence-electron chi connectivity index (χ1n) is 20.1. The van der Waals surface area contributed by atoms with Crippen LogP contribution in [-0.2, 0) is 11.0 Å². The largest absolute Gasteiger partial charge is 0.494 e. The Hall–Kier alpha value is -5.22. The van der Waals surface area contributed by atoms with Gasteiger partial charge in [0.1, 0.15) is 17.1 Å². The number of hydrogen-bond donors (Lipinski definition) is 2. The van der Waals surface area contributed by atoms with Crippen LogP contribution >= 0.6 is 11.6 Å². The summed E-state index contributed by atoms with van der Waals surface area (Å²) >= 11 is 6.45. The molecule has 1 saturated carbocycles. The smallest absolute Gasteiger partial charge is 0.433 e. The molecule has 2 aromatic carbocycles. The molecular formula is C42H48ClF3N8O5.